The number of benzene rings is 3. The number of carbonyl (C=O) groups is 1. The molecular weight excluding hydrogens is 429 g/mol. The maximum Gasteiger partial charge on any atom is 0.277 e. The number of amides is 1. The van der Waals surface area contributed by atoms with Crippen LogP contribution in [0.3, 0.4) is 0 Å². The van der Waals surface area contributed by atoms with Crippen molar-refractivity contribution in [3.63, 3.8) is 0 Å². The van der Waals surface area contributed by atoms with Gasteiger partial charge < -0.3 is 9.64 Å². The van der Waals surface area contributed by atoms with Gasteiger partial charge in [0.1, 0.15) is 11.6 Å². The number of halogens is 1. The third-order valence-electron chi connectivity index (χ3n) is 6.04. The number of carbonyl (C=O) groups excluding carboxylic acids is 1. The molecule has 0 aliphatic carbocycles. The van der Waals surface area contributed by atoms with Gasteiger partial charge in [0.2, 0.25) is 0 Å². The molecule has 5 nitrogen and oxygen atoms in total. The summed E-state index contributed by atoms with van der Waals surface area (Å²) in [5.74, 6) is -0.176. The molecule has 0 bridgehead atoms. The first-order valence-corrected chi connectivity index (χ1v) is 11.5. The third-order valence-corrected chi connectivity index (χ3v) is 6.04. The number of hydrogen-bond acceptors (Lipinski definition) is 4. The largest absolute Gasteiger partial charge is 0.483 e. The van der Waals surface area contributed by atoms with Crippen LogP contribution in [0, 0.1) is 5.82 Å². The molecule has 1 amide bonds. The van der Waals surface area contributed by atoms with E-state index in [1.165, 1.54) is 6.21 Å². The van der Waals surface area contributed by atoms with E-state index in [0.29, 0.717) is 11.3 Å². The maximum atomic E-state index is 14.9. The lowest BCUT2D eigenvalue weighted by Gasteiger charge is -2.43. The fourth-order valence-corrected chi connectivity index (χ4v) is 4.52. The van der Waals surface area contributed by atoms with Gasteiger partial charge in [0.05, 0.1) is 11.8 Å². The molecule has 6 heteroatoms. The van der Waals surface area contributed by atoms with Gasteiger partial charge in [0, 0.05) is 28.7 Å². The van der Waals surface area contributed by atoms with E-state index in [-0.39, 0.29) is 18.0 Å². The van der Waals surface area contributed by atoms with Crippen molar-refractivity contribution in [3.05, 3.63) is 77.6 Å². The van der Waals surface area contributed by atoms with Crippen LogP contribution in [0.2, 0.25) is 0 Å². The van der Waals surface area contributed by atoms with Crippen LogP contribution < -0.4 is 15.1 Å². The lowest BCUT2D eigenvalue weighted by atomic mass is 9.88. The van der Waals surface area contributed by atoms with Gasteiger partial charge in [-0.05, 0) is 56.4 Å². The number of rotatable bonds is 7. The van der Waals surface area contributed by atoms with Crippen molar-refractivity contribution < 1.29 is 13.9 Å². The molecule has 0 atom stereocenters. The molecule has 0 radical (unpaired) electrons. The summed E-state index contributed by atoms with van der Waals surface area (Å²) in [4.78, 5) is 14.5. The highest BCUT2D eigenvalue weighted by atomic mass is 19.1. The van der Waals surface area contributed by atoms with Crippen LogP contribution >= 0.6 is 0 Å². The van der Waals surface area contributed by atoms with E-state index >= 15 is 0 Å². The van der Waals surface area contributed by atoms with Crippen molar-refractivity contribution in [1.82, 2.24) is 5.43 Å². The van der Waals surface area contributed by atoms with E-state index in [1.807, 2.05) is 49.4 Å². The molecule has 0 unspecified atom stereocenters. The van der Waals surface area contributed by atoms with Gasteiger partial charge in [-0.15, -0.1) is 0 Å². The van der Waals surface area contributed by atoms with Gasteiger partial charge >= 0.3 is 0 Å². The molecule has 1 aliphatic heterocycles. The summed E-state index contributed by atoms with van der Waals surface area (Å²) < 4.78 is 20.6. The smallest absolute Gasteiger partial charge is 0.277 e. The first kappa shape index (κ1) is 23.5. The molecule has 0 saturated heterocycles. The fraction of sp³-hybridized carbons (Fsp3) is 0.286. The highest BCUT2D eigenvalue weighted by Crippen LogP contribution is 2.40. The van der Waals surface area contributed by atoms with Crippen molar-refractivity contribution in [2.75, 3.05) is 18.1 Å². The maximum absolute atomic E-state index is 14.9. The molecule has 3 aromatic carbocycles. The first-order chi connectivity index (χ1) is 16.3. The summed E-state index contributed by atoms with van der Waals surface area (Å²) in [6, 6.07) is 16.8. The van der Waals surface area contributed by atoms with Crippen LogP contribution in [0.5, 0.6) is 5.75 Å². The topological polar surface area (TPSA) is 53.9 Å². The molecular formula is C28H30FN3O2. The zero-order valence-corrected chi connectivity index (χ0v) is 20.1. The zero-order chi connectivity index (χ0) is 24.3. The minimum Gasteiger partial charge on any atom is -0.483 e. The molecule has 1 heterocycles. The van der Waals surface area contributed by atoms with Crippen LogP contribution in [-0.2, 0) is 4.79 Å². The third kappa shape index (κ3) is 4.81. The van der Waals surface area contributed by atoms with Crippen molar-refractivity contribution in [2.45, 2.75) is 39.7 Å². The number of fused-ring (bicyclic) bond motifs is 2. The van der Waals surface area contributed by atoms with Gasteiger partial charge in [-0.3, -0.25) is 4.79 Å². The molecule has 3 aromatic rings. The van der Waals surface area contributed by atoms with Crippen LogP contribution in [0.1, 0.15) is 45.2 Å². The lowest BCUT2D eigenvalue weighted by molar-refractivity contribution is -0.123. The number of allylic oxidation sites excluding steroid dienone is 1. The van der Waals surface area contributed by atoms with Gasteiger partial charge in [-0.25, -0.2) is 9.82 Å². The first-order valence-electron chi connectivity index (χ1n) is 11.5. The van der Waals surface area contributed by atoms with E-state index < -0.39 is 5.91 Å². The average Bonchev–Trinajstić information content (AvgIpc) is 2.80. The molecule has 0 fully saturated rings. The van der Waals surface area contributed by atoms with Crippen LogP contribution in [-0.4, -0.2) is 30.8 Å². The Morgan fingerprint density at radius 2 is 1.94 bits per heavy atom. The van der Waals surface area contributed by atoms with Crippen molar-refractivity contribution in [3.8, 4) is 5.75 Å². The van der Waals surface area contributed by atoms with Gasteiger partial charge in [-0.2, -0.15) is 5.10 Å². The van der Waals surface area contributed by atoms with E-state index in [2.05, 4.69) is 42.3 Å². The Kier molecular flexibility index (Phi) is 6.68. The number of nitrogens with zero attached hydrogens (tertiary/aromatic N) is 2. The van der Waals surface area contributed by atoms with Gasteiger partial charge in [-0.1, -0.05) is 49.4 Å². The predicted molar refractivity (Wildman–Crippen MR) is 137 cm³/mol. The standard InChI is InChI=1S/C28H30FN3O2/c1-5-13-32-25-15-24(29)21(14-23(25)19(2)16-28(32,3)4)17-30-31-27(33)18-34-26-12-8-10-20-9-6-7-11-22(20)26/h6-12,14-17H,5,13,18H2,1-4H3,(H,31,33)/b30-17+. The number of ether oxygens (including phenoxy) is 1. The Morgan fingerprint density at radius 3 is 2.74 bits per heavy atom. The summed E-state index contributed by atoms with van der Waals surface area (Å²) in [6.07, 6.45) is 4.51. The Morgan fingerprint density at radius 1 is 1.18 bits per heavy atom. The Labute approximate surface area is 199 Å². The zero-order valence-electron chi connectivity index (χ0n) is 20.1. The fourth-order valence-electron chi connectivity index (χ4n) is 4.52. The van der Waals surface area contributed by atoms with Gasteiger partial charge in [0.25, 0.3) is 5.91 Å². The lowest BCUT2D eigenvalue weighted by Crippen LogP contribution is -2.45. The van der Waals surface area contributed by atoms with Crippen LogP contribution in [0.25, 0.3) is 16.3 Å². The van der Waals surface area contributed by atoms with E-state index in [1.54, 1.807) is 12.1 Å². The highest BCUT2D eigenvalue weighted by Gasteiger charge is 2.31. The SMILES string of the molecule is CCCN1c2cc(F)c(/C=N/NC(=O)COc3cccc4ccccc34)cc2C(C)=CC1(C)C. The van der Waals surface area contributed by atoms with Crippen LogP contribution in [0.4, 0.5) is 10.1 Å². The monoisotopic (exact) mass is 459 g/mol. The Hall–Kier alpha value is -3.67. The number of hydrogen-bond donors (Lipinski definition) is 1. The molecule has 34 heavy (non-hydrogen) atoms. The normalized spacial score (nSPS) is 14.7. The molecule has 0 aromatic heterocycles. The second kappa shape index (κ2) is 9.67. The molecule has 0 spiro atoms. The van der Waals surface area contributed by atoms with Crippen molar-refractivity contribution in [1.29, 1.82) is 0 Å². The van der Waals surface area contributed by atoms with Gasteiger partial charge in [0.15, 0.2) is 6.61 Å². The number of nitrogens with one attached hydrogen (secondary N) is 1. The van der Waals surface area contributed by atoms with E-state index in [0.717, 1.165) is 40.6 Å². The summed E-state index contributed by atoms with van der Waals surface area (Å²) >= 11 is 0. The average molecular weight is 460 g/mol. The van der Waals surface area contributed by atoms with Crippen molar-refractivity contribution in [2.24, 2.45) is 5.10 Å². The van der Waals surface area contributed by atoms with Crippen LogP contribution in [0.15, 0.2) is 65.8 Å². The summed E-state index contributed by atoms with van der Waals surface area (Å²) in [6.45, 7) is 9.07. The van der Waals surface area contributed by atoms with Crippen molar-refractivity contribution >= 4 is 34.2 Å². The highest BCUT2D eigenvalue weighted by molar-refractivity contribution is 5.90. The van der Waals surface area contributed by atoms with E-state index in [9.17, 15) is 9.18 Å². The quantitative estimate of drug-likeness (QED) is 0.352. The second-order valence-corrected chi connectivity index (χ2v) is 9.08. The molecule has 1 aliphatic rings. The Bertz CT molecular complexity index is 1270. The second-order valence-electron chi connectivity index (χ2n) is 9.08. The Balaban J connectivity index is 1.45. The predicted octanol–water partition coefficient (Wildman–Crippen LogP) is 5.92. The minimum absolute atomic E-state index is 0.187. The minimum atomic E-state index is -0.422. The summed E-state index contributed by atoms with van der Waals surface area (Å²) in [5, 5.41) is 5.92. The molecule has 1 N–H and O–H groups in total. The summed E-state index contributed by atoms with van der Waals surface area (Å²) in [7, 11) is 0. The number of anilines is 1. The van der Waals surface area contributed by atoms with E-state index in [4.69, 9.17) is 4.74 Å². The molecule has 176 valence electrons. The summed E-state index contributed by atoms with van der Waals surface area (Å²) in [5.41, 5.74) is 5.50. The molecule has 0 saturated carbocycles. The molecule has 4 rings (SSSR count). The number of hydrazone groups is 1.